The third kappa shape index (κ3) is 4.59. The van der Waals surface area contributed by atoms with E-state index in [2.05, 4.69) is 15.3 Å². The van der Waals surface area contributed by atoms with E-state index in [9.17, 15) is 9.59 Å². The first kappa shape index (κ1) is 21.3. The Morgan fingerprint density at radius 2 is 1.53 bits per heavy atom. The van der Waals surface area contributed by atoms with E-state index in [4.69, 9.17) is 14.2 Å². The molecular formula is C22H27N3O5. The normalized spacial score (nSPS) is 11.9. The number of hydrogen-bond donors (Lipinski definition) is 3. The molecule has 30 heavy (non-hydrogen) atoms. The summed E-state index contributed by atoms with van der Waals surface area (Å²) in [6.07, 6.45) is 0. The number of amides is 1. The fourth-order valence-electron chi connectivity index (χ4n) is 3.20. The molecular weight excluding hydrogens is 386 g/mol. The average molecular weight is 413 g/mol. The third-order valence-electron chi connectivity index (χ3n) is 4.56. The summed E-state index contributed by atoms with van der Waals surface area (Å²) in [6, 6.07) is 8.55. The summed E-state index contributed by atoms with van der Waals surface area (Å²) in [5, 5.41) is 2.98. The molecule has 0 spiro atoms. The topological polar surface area (TPSA) is 105 Å². The average Bonchev–Trinajstić information content (AvgIpc) is 3.09. The Bertz CT molecular complexity index is 1060. The van der Waals surface area contributed by atoms with Crippen LogP contribution in [0.2, 0.25) is 0 Å². The highest BCUT2D eigenvalue weighted by molar-refractivity contribution is 5.96. The van der Waals surface area contributed by atoms with Gasteiger partial charge >= 0.3 is 5.69 Å². The van der Waals surface area contributed by atoms with E-state index in [-0.39, 0.29) is 17.6 Å². The molecule has 1 heterocycles. The van der Waals surface area contributed by atoms with Crippen LogP contribution in [-0.4, -0.2) is 35.7 Å². The van der Waals surface area contributed by atoms with E-state index in [1.165, 1.54) is 0 Å². The molecule has 1 amide bonds. The van der Waals surface area contributed by atoms with E-state index >= 15 is 0 Å². The van der Waals surface area contributed by atoms with Crippen molar-refractivity contribution >= 4 is 16.9 Å². The van der Waals surface area contributed by atoms with Crippen LogP contribution in [0.25, 0.3) is 11.0 Å². The highest BCUT2D eigenvalue weighted by Crippen LogP contribution is 2.39. The van der Waals surface area contributed by atoms with Crippen molar-refractivity contribution in [3.05, 3.63) is 51.9 Å². The fraction of sp³-hybridized carbons (Fsp3) is 0.364. The monoisotopic (exact) mass is 413 g/mol. The summed E-state index contributed by atoms with van der Waals surface area (Å²) in [7, 11) is 0. The van der Waals surface area contributed by atoms with Gasteiger partial charge in [-0.15, -0.1) is 0 Å². The Kier molecular flexibility index (Phi) is 6.66. The Labute approximate surface area is 174 Å². The Balaban J connectivity index is 1.87. The zero-order valence-corrected chi connectivity index (χ0v) is 17.6. The lowest BCUT2D eigenvalue weighted by atomic mass is 10.1. The molecule has 0 aliphatic heterocycles. The number of ether oxygens (including phenoxy) is 3. The van der Waals surface area contributed by atoms with Gasteiger partial charge in [0.1, 0.15) is 0 Å². The van der Waals surface area contributed by atoms with Gasteiger partial charge in [0.05, 0.1) is 36.9 Å². The van der Waals surface area contributed by atoms with Gasteiger partial charge in [-0.3, -0.25) is 4.79 Å². The van der Waals surface area contributed by atoms with Gasteiger partial charge in [-0.2, -0.15) is 0 Å². The van der Waals surface area contributed by atoms with Crippen molar-refractivity contribution in [2.75, 3.05) is 19.8 Å². The quantitative estimate of drug-likeness (QED) is 0.498. The van der Waals surface area contributed by atoms with Crippen LogP contribution in [0.3, 0.4) is 0 Å². The van der Waals surface area contributed by atoms with E-state index in [0.29, 0.717) is 48.1 Å². The van der Waals surface area contributed by atoms with Crippen LogP contribution in [0.4, 0.5) is 0 Å². The molecule has 0 bridgehead atoms. The predicted molar refractivity (Wildman–Crippen MR) is 115 cm³/mol. The summed E-state index contributed by atoms with van der Waals surface area (Å²) in [6.45, 7) is 8.81. The van der Waals surface area contributed by atoms with Crippen molar-refractivity contribution < 1.29 is 19.0 Å². The third-order valence-corrected chi connectivity index (χ3v) is 4.56. The molecule has 3 aromatic rings. The number of carbonyl (C=O) groups excluding carboxylic acids is 1. The second-order valence-electron chi connectivity index (χ2n) is 6.68. The maximum atomic E-state index is 13.0. The number of nitrogens with one attached hydrogen (secondary N) is 3. The maximum absolute atomic E-state index is 13.0. The van der Waals surface area contributed by atoms with E-state index in [1.807, 2.05) is 45.9 Å². The molecule has 0 radical (unpaired) electrons. The minimum absolute atomic E-state index is 0.264. The first-order chi connectivity index (χ1) is 14.5. The Morgan fingerprint density at radius 3 is 2.13 bits per heavy atom. The Morgan fingerprint density at radius 1 is 0.933 bits per heavy atom. The standard InChI is InChI=1S/C22H27N3O5/c1-5-28-18-11-15(12-19(29-6-2)20(18)30-7-3)21(26)23-13(4)14-8-9-16-17(10-14)25-22(27)24-16/h8-13H,5-7H2,1-4H3,(H,23,26)(H2,24,25,27). The van der Waals surface area contributed by atoms with E-state index in [1.54, 1.807) is 12.1 Å². The molecule has 8 heteroatoms. The molecule has 2 aromatic carbocycles. The van der Waals surface area contributed by atoms with Crippen molar-refractivity contribution in [1.82, 2.24) is 15.3 Å². The first-order valence-corrected chi connectivity index (χ1v) is 10.1. The van der Waals surface area contributed by atoms with Crippen molar-refractivity contribution in [3.8, 4) is 17.2 Å². The molecule has 0 aliphatic carbocycles. The van der Waals surface area contributed by atoms with Crippen molar-refractivity contribution in [1.29, 1.82) is 0 Å². The van der Waals surface area contributed by atoms with Gasteiger partial charge in [-0.05, 0) is 57.5 Å². The fourth-order valence-corrected chi connectivity index (χ4v) is 3.20. The number of aromatic nitrogens is 2. The van der Waals surface area contributed by atoms with Crippen molar-refractivity contribution in [2.24, 2.45) is 0 Å². The second kappa shape index (κ2) is 9.39. The number of imidazole rings is 1. The van der Waals surface area contributed by atoms with Crippen LogP contribution < -0.4 is 25.2 Å². The van der Waals surface area contributed by atoms with Crippen LogP contribution in [0.15, 0.2) is 35.1 Å². The molecule has 3 N–H and O–H groups in total. The number of fused-ring (bicyclic) bond motifs is 1. The predicted octanol–water partition coefficient (Wildman–Crippen LogP) is 3.54. The van der Waals surface area contributed by atoms with E-state index in [0.717, 1.165) is 11.1 Å². The summed E-state index contributed by atoms with van der Waals surface area (Å²) in [5.74, 6) is 1.16. The van der Waals surface area contributed by atoms with Crippen molar-refractivity contribution in [3.63, 3.8) is 0 Å². The molecule has 1 unspecified atom stereocenters. The highest BCUT2D eigenvalue weighted by atomic mass is 16.5. The summed E-state index contributed by atoms with van der Waals surface area (Å²) >= 11 is 0. The van der Waals surface area contributed by atoms with Crippen LogP contribution in [0, 0.1) is 0 Å². The van der Waals surface area contributed by atoms with Gasteiger partial charge in [0, 0.05) is 5.56 Å². The second-order valence-corrected chi connectivity index (χ2v) is 6.68. The minimum atomic E-state index is -0.280. The lowest BCUT2D eigenvalue weighted by molar-refractivity contribution is 0.0938. The summed E-state index contributed by atoms with van der Waals surface area (Å²) in [4.78, 5) is 29.8. The number of rotatable bonds is 9. The van der Waals surface area contributed by atoms with E-state index < -0.39 is 0 Å². The first-order valence-electron chi connectivity index (χ1n) is 10.1. The van der Waals surface area contributed by atoms with Crippen LogP contribution in [0.5, 0.6) is 17.2 Å². The lowest BCUT2D eigenvalue weighted by Gasteiger charge is -2.18. The van der Waals surface area contributed by atoms with Crippen molar-refractivity contribution in [2.45, 2.75) is 33.7 Å². The molecule has 0 saturated heterocycles. The zero-order chi connectivity index (χ0) is 21.7. The van der Waals surface area contributed by atoms with Gasteiger partial charge in [0.15, 0.2) is 11.5 Å². The van der Waals surface area contributed by atoms with Gasteiger partial charge in [-0.1, -0.05) is 6.07 Å². The van der Waals surface area contributed by atoms with Gasteiger partial charge in [-0.25, -0.2) is 4.79 Å². The molecule has 0 aliphatic rings. The van der Waals surface area contributed by atoms with Gasteiger partial charge in [0.25, 0.3) is 5.91 Å². The highest BCUT2D eigenvalue weighted by Gasteiger charge is 2.20. The smallest absolute Gasteiger partial charge is 0.323 e. The van der Waals surface area contributed by atoms with Gasteiger partial charge in [0.2, 0.25) is 5.75 Å². The summed E-state index contributed by atoms with van der Waals surface area (Å²) < 4.78 is 17.1. The number of benzene rings is 2. The molecule has 1 aromatic heterocycles. The largest absolute Gasteiger partial charge is 0.490 e. The van der Waals surface area contributed by atoms with Crippen LogP contribution in [0.1, 0.15) is 49.7 Å². The summed E-state index contributed by atoms with van der Waals surface area (Å²) in [5.41, 5.74) is 2.42. The van der Waals surface area contributed by atoms with Crippen LogP contribution >= 0.6 is 0 Å². The molecule has 1 atom stereocenters. The molecule has 8 nitrogen and oxygen atoms in total. The molecule has 160 valence electrons. The lowest BCUT2D eigenvalue weighted by Crippen LogP contribution is -2.26. The molecule has 3 rings (SSSR count). The Hall–Kier alpha value is -3.42. The van der Waals surface area contributed by atoms with Crippen LogP contribution in [-0.2, 0) is 0 Å². The zero-order valence-electron chi connectivity index (χ0n) is 17.6. The SMILES string of the molecule is CCOc1cc(C(=O)NC(C)c2ccc3[nH]c(=O)[nH]c3c2)cc(OCC)c1OCC. The number of aromatic amines is 2. The minimum Gasteiger partial charge on any atom is -0.490 e. The van der Waals surface area contributed by atoms with Gasteiger partial charge < -0.3 is 29.5 Å². The number of carbonyl (C=O) groups is 1. The number of hydrogen-bond acceptors (Lipinski definition) is 5. The molecule has 0 fully saturated rings. The molecule has 0 saturated carbocycles. The number of H-pyrrole nitrogens is 2. The maximum Gasteiger partial charge on any atom is 0.323 e.